The van der Waals surface area contributed by atoms with E-state index in [-0.39, 0.29) is 18.3 Å². The van der Waals surface area contributed by atoms with Crippen molar-refractivity contribution in [3.8, 4) is 11.4 Å². The molecule has 28 heavy (non-hydrogen) atoms. The van der Waals surface area contributed by atoms with Crippen molar-refractivity contribution in [1.82, 2.24) is 14.5 Å². The van der Waals surface area contributed by atoms with E-state index in [1.165, 1.54) is 11.6 Å². The Morgan fingerprint density at radius 3 is 2.75 bits per heavy atom. The molecule has 1 saturated heterocycles. The summed E-state index contributed by atoms with van der Waals surface area (Å²) in [6, 6.07) is 9.34. The van der Waals surface area contributed by atoms with E-state index < -0.39 is 0 Å². The van der Waals surface area contributed by atoms with E-state index >= 15 is 0 Å². The van der Waals surface area contributed by atoms with E-state index in [0.717, 1.165) is 12.0 Å². The summed E-state index contributed by atoms with van der Waals surface area (Å²) in [6.07, 6.45) is 8.19. The van der Waals surface area contributed by atoms with Gasteiger partial charge in [-0.15, -0.1) is 0 Å². The Kier molecular flexibility index (Phi) is 6.49. The average molecular weight is 383 g/mol. The summed E-state index contributed by atoms with van der Waals surface area (Å²) >= 11 is 0. The van der Waals surface area contributed by atoms with Crippen LogP contribution in [-0.2, 0) is 16.0 Å². The number of aromatic nitrogens is 3. The molecule has 0 saturated carbocycles. The zero-order valence-corrected chi connectivity index (χ0v) is 15.5. The number of benzene rings is 1. The Labute approximate surface area is 162 Å². The zero-order valence-electron chi connectivity index (χ0n) is 15.5. The summed E-state index contributed by atoms with van der Waals surface area (Å²) in [5.74, 6) is 0.738. The summed E-state index contributed by atoms with van der Waals surface area (Å²) in [7, 11) is 0. The third-order valence-corrected chi connectivity index (χ3v) is 4.80. The highest BCUT2D eigenvalue weighted by Crippen LogP contribution is 2.33. The monoisotopic (exact) mass is 383 g/mol. The first-order valence-corrected chi connectivity index (χ1v) is 8.98. The standard InChI is InChI=1S/C20H20FN3O.CH2O2/c1-14-2-3-18(21)17(10-14)20-23-8-9-24(20)19-13-25-12-16(19)11-15-4-6-22-7-5-15;2-1-3/h2-10,16,19H,11-13H2,1H3;1H,(H,2,3)/t16-,19-;/m1./s1. The van der Waals surface area contributed by atoms with Crippen molar-refractivity contribution >= 4 is 6.47 Å². The molecule has 1 N–H and O–H groups in total. The van der Waals surface area contributed by atoms with Crippen LogP contribution in [0.4, 0.5) is 4.39 Å². The van der Waals surface area contributed by atoms with E-state index in [4.69, 9.17) is 14.6 Å². The minimum absolute atomic E-state index is 0.144. The number of carbonyl (C=O) groups is 1. The van der Waals surface area contributed by atoms with Crippen molar-refractivity contribution in [2.45, 2.75) is 19.4 Å². The van der Waals surface area contributed by atoms with Gasteiger partial charge < -0.3 is 14.4 Å². The Morgan fingerprint density at radius 1 is 1.25 bits per heavy atom. The highest BCUT2D eigenvalue weighted by atomic mass is 19.1. The molecule has 146 valence electrons. The third kappa shape index (κ3) is 4.43. The lowest BCUT2D eigenvalue weighted by Gasteiger charge is -2.21. The van der Waals surface area contributed by atoms with Gasteiger partial charge in [-0.2, -0.15) is 0 Å². The molecule has 2 atom stereocenters. The van der Waals surface area contributed by atoms with Crippen molar-refractivity contribution in [3.05, 3.63) is 72.1 Å². The lowest BCUT2D eigenvalue weighted by molar-refractivity contribution is -0.122. The van der Waals surface area contributed by atoms with E-state index in [9.17, 15) is 4.39 Å². The van der Waals surface area contributed by atoms with Crippen molar-refractivity contribution < 1.29 is 19.0 Å². The molecular weight excluding hydrogens is 361 g/mol. The summed E-state index contributed by atoms with van der Waals surface area (Å²) < 4.78 is 22.2. The number of hydrogen-bond donors (Lipinski definition) is 1. The number of aryl methyl sites for hydroxylation is 1. The molecule has 1 fully saturated rings. The number of imidazole rings is 1. The number of rotatable bonds is 4. The van der Waals surface area contributed by atoms with Gasteiger partial charge >= 0.3 is 0 Å². The maximum Gasteiger partial charge on any atom is 0.290 e. The van der Waals surface area contributed by atoms with Crippen molar-refractivity contribution in [3.63, 3.8) is 0 Å². The van der Waals surface area contributed by atoms with Crippen LogP contribution in [0.3, 0.4) is 0 Å². The Morgan fingerprint density at radius 2 is 2.00 bits per heavy atom. The second-order valence-electron chi connectivity index (χ2n) is 6.67. The van der Waals surface area contributed by atoms with Crippen LogP contribution in [0.2, 0.25) is 0 Å². The molecule has 0 amide bonds. The number of halogens is 1. The van der Waals surface area contributed by atoms with Gasteiger partial charge in [-0.05, 0) is 43.2 Å². The molecule has 1 aliphatic heterocycles. The number of pyridine rings is 1. The fourth-order valence-electron chi connectivity index (χ4n) is 3.51. The summed E-state index contributed by atoms with van der Waals surface area (Å²) in [5, 5.41) is 6.89. The van der Waals surface area contributed by atoms with Gasteiger partial charge in [0.05, 0.1) is 24.8 Å². The minimum Gasteiger partial charge on any atom is -0.483 e. The molecule has 7 heteroatoms. The fraction of sp³-hybridized carbons (Fsp3) is 0.286. The average Bonchev–Trinajstić information content (AvgIpc) is 3.34. The quantitative estimate of drug-likeness (QED) is 0.698. The Balaban J connectivity index is 0.000000706. The van der Waals surface area contributed by atoms with Crippen LogP contribution >= 0.6 is 0 Å². The minimum atomic E-state index is -0.250. The molecule has 0 spiro atoms. The SMILES string of the molecule is Cc1ccc(F)c(-c2nccn2[C@@H]2COC[C@H]2Cc2ccncc2)c1.O=CO. The summed E-state index contributed by atoms with van der Waals surface area (Å²) in [6.45, 7) is 3.02. The molecule has 1 aliphatic rings. The van der Waals surface area contributed by atoms with Crippen LogP contribution in [0.1, 0.15) is 17.2 Å². The predicted octanol–water partition coefficient (Wildman–Crippen LogP) is 3.52. The number of ether oxygens (including phenoxy) is 1. The Hall–Kier alpha value is -3.06. The first-order valence-electron chi connectivity index (χ1n) is 8.98. The van der Waals surface area contributed by atoms with Crippen LogP contribution < -0.4 is 0 Å². The maximum absolute atomic E-state index is 14.4. The van der Waals surface area contributed by atoms with Gasteiger partial charge in [0.25, 0.3) is 6.47 Å². The van der Waals surface area contributed by atoms with Crippen molar-refractivity contribution in [2.75, 3.05) is 13.2 Å². The number of nitrogens with zero attached hydrogens (tertiary/aromatic N) is 3. The van der Waals surface area contributed by atoms with Gasteiger partial charge in [-0.3, -0.25) is 9.78 Å². The van der Waals surface area contributed by atoms with Crippen molar-refractivity contribution in [1.29, 1.82) is 0 Å². The van der Waals surface area contributed by atoms with Crippen LogP contribution in [-0.4, -0.2) is 39.3 Å². The first-order chi connectivity index (χ1) is 13.6. The van der Waals surface area contributed by atoms with E-state index in [0.29, 0.717) is 30.5 Å². The molecule has 6 nitrogen and oxygen atoms in total. The van der Waals surface area contributed by atoms with Crippen LogP contribution in [0.15, 0.2) is 55.1 Å². The molecule has 0 unspecified atom stereocenters. The molecule has 0 radical (unpaired) electrons. The van der Waals surface area contributed by atoms with Gasteiger partial charge in [-0.1, -0.05) is 11.6 Å². The highest BCUT2D eigenvalue weighted by molar-refractivity contribution is 5.58. The Bertz CT molecular complexity index is 914. The zero-order chi connectivity index (χ0) is 19.9. The normalized spacial score (nSPS) is 18.4. The molecule has 1 aromatic carbocycles. The van der Waals surface area contributed by atoms with Crippen molar-refractivity contribution in [2.24, 2.45) is 5.92 Å². The van der Waals surface area contributed by atoms with E-state index in [1.54, 1.807) is 12.3 Å². The van der Waals surface area contributed by atoms with E-state index in [2.05, 4.69) is 14.5 Å². The molecule has 3 heterocycles. The molecule has 4 rings (SSSR count). The molecule has 2 aromatic heterocycles. The topological polar surface area (TPSA) is 77.2 Å². The molecule has 3 aromatic rings. The van der Waals surface area contributed by atoms with Gasteiger partial charge in [-0.25, -0.2) is 9.37 Å². The predicted molar refractivity (Wildman–Crippen MR) is 102 cm³/mol. The largest absolute Gasteiger partial charge is 0.483 e. The second-order valence-corrected chi connectivity index (χ2v) is 6.67. The van der Waals surface area contributed by atoms with Crippen LogP contribution in [0.25, 0.3) is 11.4 Å². The molecular formula is C21H22FN3O3. The van der Waals surface area contributed by atoms with E-state index in [1.807, 2.05) is 43.7 Å². The van der Waals surface area contributed by atoms with Gasteiger partial charge in [0.1, 0.15) is 11.6 Å². The second kappa shape index (κ2) is 9.23. The van der Waals surface area contributed by atoms with Gasteiger partial charge in [0.15, 0.2) is 0 Å². The van der Waals surface area contributed by atoms with Gasteiger partial charge in [0, 0.05) is 30.7 Å². The highest BCUT2D eigenvalue weighted by Gasteiger charge is 2.31. The number of hydrogen-bond acceptors (Lipinski definition) is 4. The summed E-state index contributed by atoms with van der Waals surface area (Å²) in [5.41, 5.74) is 2.79. The maximum atomic E-state index is 14.4. The van der Waals surface area contributed by atoms with Gasteiger partial charge in [0.2, 0.25) is 0 Å². The van der Waals surface area contributed by atoms with Crippen LogP contribution in [0, 0.1) is 18.7 Å². The molecule has 0 aliphatic carbocycles. The lowest BCUT2D eigenvalue weighted by atomic mass is 9.95. The fourth-order valence-corrected chi connectivity index (χ4v) is 3.51. The summed E-state index contributed by atoms with van der Waals surface area (Å²) in [4.78, 5) is 16.9. The lowest BCUT2D eigenvalue weighted by Crippen LogP contribution is -2.20. The first kappa shape index (κ1) is 19.7. The smallest absolute Gasteiger partial charge is 0.290 e. The van der Waals surface area contributed by atoms with Crippen LogP contribution in [0.5, 0.6) is 0 Å². The number of carboxylic acid groups (broad SMARTS) is 1. The third-order valence-electron chi connectivity index (χ3n) is 4.80. The molecule has 0 bridgehead atoms.